The Morgan fingerprint density at radius 2 is 1.79 bits per heavy atom. The van der Waals surface area contributed by atoms with Gasteiger partial charge in [-0.3, -0.25) is 5.43 Å². The van der Waals surface area contributed by atoms with Crippen LogP contribution in [-0.2, 0) is 0 Å². The summed E-state index contributed by atoms with van der Waals surface area (Å²) in [6, 6.07) is 9.73. The lowest BCUT2D eigenvalue weighted by Crippen LogP contribution is -2.15. The van der Waals surface area contributed by atoms with E-state index in [2.05, 4.69) is 10.5 Å². The molecule has 14 heavy (non-hydrogen) atoms. The number of benzene rings is 1. The van der Waals surface area contributed by atoms with Crippen LogP contribution in [0.25, 0.3) is 0 Å². The van der Waals surface area contributed by atoms with Crippen LogP contribution in [0.3, 0.4) is 0 Å². The first-order chi connectivity index (χ1) is 6.50. The third-order valence-corrected chi connectivity index (χ3v) is 2.33. The Morgan fingerprint density at radius 1 is 1.21 bits per heavy atom. The van der Waals surface area contributed by atoms with Crippen molar-refractivity contribution in [3.63, 3.8) is 0 Å². The van der Waals surface area contributed by atoms with E-state index in [-0.39, 0.29) is 5.41 Å². The molecule has 1 N–H and O–H groups in total. The molecule has 1 rings (SSSR count). The van der Waals surface area contributed by atoms with Crippen LogP contribution in [0, 0.1) is 5.41 Å². The van der Waals surface area contributed by atoms with E-state index in [1.807, 2.05) is 51.1 Å². The number of halogens is 1. The molecule has 0 aliphatic carbocycles. The van der Waals surface area contributed by atoms with E-state index < -0.39 is 0 Å². The molecule has 0 amide bonds. The Kier molecular flexibility index (Phi) is 3.53. The average molecular weight is 211 g/mol. The summed E-state index contributed by atoms with van der Waals surface area (Å²) in [5, 5.41) is 4.67. The Bertz CT molecular complexity index is 312. The highest BCUT2D eigenvalue weighted by Crippen LogP contribution is 2.19. The van der Waals surface area contributed by atoms with Crippen LogP contribution in [0.5, 0.6) is 0 Å². The summed E-state index contributed by atoms with van der Waals surface area (Å²) in [5.41, 5.74) is 3.74. The van der Waals surface area contributed by atoms with Crippen molar-refractivity contribution in [1.29, 1.82) is 0 Å². The van der Waals surface area contributed by atoms with Gasteiger partial charge in [-0.15, -0.1) is 0 Å². The molecular weight excluding hydrogens is 196 g/mol. The molecule has 76 valence electrons. The van der Waals surface area contributed by atoms with Gasteiger partial charge in [-0.05, 0) is 12.1 Å². The topological polar surface area (TPSA) is 24.4 Å². The van der Waals surface area contributed by atoms with E-state index in [0.29, 0.717) is 5.17 Å². The Balaban J connectivity index is 2.65. The van der Waals surface area contributed by atoms with E-state index in [0.717, 1.165) is 5.69 Å². The zero-order valence-electron chi connectivity index (χ0n) is 8.71. The Hall–Kier alpha value is -1.02. The molecule has 0 saturated carbocycles. The fraction of sp³-hybridized carbons (Fsp3) is 0.364. The maximum absolute atomic E-state index is 5.99. The molecule has 0 spiro atoms. The molecular formula is C11H15ClN2. The van der Waals surface area contributed by atoms with Crippen LogP contribution in [0.4, 0.5) is 5.69 Å². The second kappa shape index (κ2) is 4.47. The normalized spacial score (nSPS) is 12.7. The highest BCUT2D eigenvalue weighted by atomic mass is 35.5. The van der Waals surface area contributed by atoms with Crippen LogP contribution >= 0.6 is 11.6 Å². The number of hydrogen-bond acceptors (Lipinski definition) is 2. The number of hydrazone groups is 1. The summed E-state index contributed by atoms with van der Waals surface area (Å²) in [6.45, 7) is 6.06. The molecule has 0 unspecified atom stereocenters. The van der Waals surface area contributed by atoms with Crippen LogP contribution in [-0.4, -0.2) is 5.17 Å². The van der Waals surface area contributed by atoms with Gasteiger partial charge in [0, 0.05) is 5.41 Å². The van der Waals surface area contributed by atoms with Gasteiger partial charge in [-0.1, -0.05) is 50.6 Å². The number of hydrogen-bond donors (Lipinski definition) is 1. The Labute approximate surface area is 90.0 Å². The van der Waals surface area contributed by atoms with E-state index in [4.69, 9.17) is 11.6 Å². The minimum absolute atomic E-state index is 0.108. The molecule has 0 aliphatic rings. The number of nitrogens with one attached hydrogen (secondary N) is 1. The lowest BCUT2D eigenvalue weighted by molar-refractivity contribution is 0.599. The summed E-state index contributed by atoms with van der Waals surface area (Å²) in [5.74, 6) is 0. The molecule has 0 radical (unpaired) electrons. The number of nitrogens with zero attached hydrogens (tertiary/aromatic N) is 1. The standard InChI is InChI=1S/C11H15ClN2/c1-11(2,3)10(12)14-13-9-7-5-4-6-8-9/h4-8,13H,1-3H3/b14-10-. The predicted octanol–water partition coefficient (Wildman–Crippen LogP) is 3.70. The molecule has 0 fully saturated rings. The number of rotatable bonds is 2. The van der Waals surface area contributed by atoms with Crippen molar-refractivity contribution in [3.8, 4) is 0 Å². The van der Waals surface area contributed by atoms with Crippen molar-refractivity contribution < 1.29 is 0 Å². The summed E-state index contributed by atoms with van der Waals surface area (Å²) >= 11 is 5.99. The lowest BCUT2D eigenvalue weighted by Gasteiger charge is -2.15. The summed E-state index contributed by atoms with van der Waals surface area (Å²) in [6.07, 6.45) is 0. The molecule has 2 nitrogen and oxygen atoms in total. The fourth-order valence-corrected chi connectivity index (χ4v) is 0.836. The fourth-order valence-electron chi connectivity index (χ4n) is 0.794. The van der Waals surface area contributed by atoms with Crippen LogP contribution in [0.15, 0.2) is 35.4 Å². The molecule has 0 saturated heterocycles. The van der Waals surface area contributed by atoms with E-state index in [9.17, 15) is 0 Å². The summed E-state index contributed by atoms with van der Waals surface area (Å²) < 4.78 is 0. The van der Waals surface area contributed by atoms with Crippen LogP contribution in [0.2, 0.25) is 0 Å². The first kappa shape index (κ1) is 11.1. The smallest absolute Gasteiger partial charge is 0.131 e. The van der Waals surface area contributed by atoms with Gasteiger partial charge in [0.25, 0.3) is 0 Å². The molecule has 0 aliphatic heterocycles. The molecule has 3 heteroatoms. The minimum atomic E-state index is -0.108. The summed E-state index contributed by atoms with van der Waals surface area (Å²) in [4.78, 5) is 0. The lowest BCUT2D eigenvalue weighted by atomic mass is 9.99. The largest absolute Gasteiger partial charge is 0.277 e. The van der Waals surface area contributed by atoms with Crippen molar-refractivity contribution in [2.45, 2.75) is 20.8 Å². The quantitative estimate of drug-likeness (QED) is 0.584. The van der Waals surface area contributed by atoms with E-state index in [1.54, 1.807) is 0 Å². The van der Waals surface area contributed by atoms with Crippen molar-refractivity contribution >= 4 is 22.5 Å². The van der Waals surface area contributed by atoms with Crippen molar-refractivity contribution in [3.05, 3.63) is 30.3 Å². The van der Waals surface area contributed by atoms with Crippen LogP contribution in [0.1, 0.15) is 20.8 Å². The molecule has 1 aromatic carbocycles. The maximum atomic E-state index is 5.99. The summed E-state index contributed by atoms with van der Waals surface area (Å²) in [7, 11) is 0. The van der Waals surface area contributed by atoms with Gasteiger partial charge in [0.05, 0.1) is 5.69 Å². The van der Waals surface area contributed by atoms with Gasteiger partial charge >= 0.3 is 0 Å². The highest BCUT2D eigenvalue weighted by molar-refractivity contribution is 6.66. The molecule has 1 aromatic rings. The van der Waals surface area contributed by atoms with Crippen molar-refractivity contribution in [2.24, 2.45) is 10.5 Å². The van der Waals surface area contributed by atoms with E-state index >= 15 is 0 Å². The average Bonchev–Trinajstić information content (AvgIpc) is 2.14. The number of para-hydroxylation sites is 1. The highest BCUT2D eigenvalue weighted by Gasteiger charge is 2.16. The first-order valence-electron chi connectivity index (χ1n) is 4.55. The zero-order chi connectivity index (χ0) is 10.6. The maximum Gasteiger partial charge on any atom is 0.131 e. The third-order valence-electron chi connectivity index (χ3n) is 1.68. The van der Waals surface area contributed by atoms with Crippen molar-refractivity contribution in [2.75, 3.05) is 5.43 Å². The first-order valence-corrected chi connectivity index (χ1v) is 4.92. The minimum Gasteiger partial charge on any atom is -0.277 e. The monoisotopic (exact) mass is 210 g/mol. The van der Waals surface area contributed by atoms with Gasteiger partial charge in [-0.25, -0.2) is 0 Å². The Morgan fingerprint density at radius 3 is 2.29 bits per heavy atom. The van der Waals surface area contributed by atoms with Gasteiger partial charge in [-0.2, -0.15) is 5.10 Å². The predicted molar refractivity (Wildman–Crippen MR) is 62.8 cm³/mol. The second-order valence-electron chi connectivity index (χ2n) is 4.13. The van der Waals surface area contributed by atoms with Gasteiger partial charge < -0.3 is 0 Å². The van der Waals surface area contributed by atoms with Gasteiger partial charge in [0.2, 0.25) is 0 Å². The zero-order valence-corrected chi connectivity index (χ0v) is 9.47. The van der Waals surface area contributed by atoms with E-state index in [1.165, 1.54) is 0 Å². The van der Waals surface area contributed by atoms with Crippen molar-refractivity contribution in [1.82, 2.24) is 0 Å². The number of anilines is 1. The molecule has 0 heterocycles. The van der Waals surface area contributed by atoms with Gasteiger partial charge in [0.15, 0.2) is 0 Å². The molecule has 0 bridgehead atoms. The van der Waals surface area contributed by atoms with Crippen LogP contribution < -0.4 is 5.43 Å². The third kappa shape index (κ3) is 3.38. The SMILES string of the molecule is CC(C)(C)/C(Cl)=N/Nc1ccccc1. The van der Waals surface area contributed by atoms with Gasteiger partial charge in [0.1, 0.15) is 5.17 Å². The molecule has 0 aromatic heterocycles. The second-order valence-corrected chi connectivity index (χ2v) is 4.49. The molecule has 0 atom stereocenters.